The predicted octanol–water partition coefficient (Wildman–Crippen LogP) is 0.385. The normalized spacial score (nSPS) is 18.2. The fourth-order valence-corrected chi connectivity index (χ4v) is 1.31. The zero-order valence-corrected chi connectivity index (χ0v) is 7.40. The minimum absolute atomic E-state index is 0.0636. The van der Waals surface area contributed by atoms with Gasteiger partial charge in [0.05, 0.1) is 12.2 Å². The van der Waals surface area contributed by atoms with Crippen molar-refractivity contribution < 1.29 is 4.79 Å². The Morgan fingerprint density at radius 3 is 2.54 bits per heavy atom. The van der Waals surface area contributed by atoms with Crippen LogP contribution in [0.2, 0.25) is 0 Å². The molecule has 1 aliphatic heterocycles. The van der Waals surface area contributed by atoms with Gasteiger partial charge in [-0.3, -0.25) is 4.79 Å². The number of anilines is 1. The first-order valence-electron chi connectivity index (χ1n) is 4.13. The van der Waals surface area contributed by atoms with Gasteiger partial charge in [-0.15, -0.1) is 0 Å². The number of rotatable bonds is 1. The Balaban J connectivity index is 2.23. The van der Waals surface area contributed by atoms with Gasteiger partial charge in [0, 0.05) is 7.05 Å². The molecular weight excluding hydrogens is 166 g/mol. The van der Waals surface area contributed by atoms with E-state index in [0.717, 1.165) is 5.69 Å². The molecule has 0 bridgehead atoms. The van der Waals surface area contributed by atoms with Crippen LogP contribution in [0.5, 0.6) is 0 Å². The third-order valence-electron chi connectivity index (χ3n) is 1.91. The van der Waals surface area contributed by atoms with Gasteiger partial charge in [-0.05, 0) is 12.1 Å². The Hall–Kier alpha value is -1.39. The van der Waals surface area contributed by atoms with Crippen molar-refractivity contribution >= 4 is 11.6 Å². The molecule has 1 fully saturated rings. The second kappa shape index (κ2) is 3.16. The first-order chi connectivity index (χ1) is 6.27. The van der Waals surface area contributed by atoms with Gasteiger partial charge in [0.2, 0.25) is 0 Å². The van der Waals surface area contributed by atoms with E-state index in [1.807, 2.05) is 37.4 Å². The summed E-state index contributed by atoms with van der Waals surface area (Å²) < 4.78 is 0. The average molecular weight is 177 g/mol. The molecule has 4 heteroatoms. The summed E-state index contributed by atoms with van der Waals surface area (Å²) >= 11 is 0. The summed E-state index contributed by atoms with van der Waals surface area (Å²) in [5.74, 6) is 0.0636. The molecule has 13 heavy (non-hydrogen) atoms. The van der Waals surface area contributed by atoms with E-state index in [1.165, 1.54) is 0 Å². The number of amides is 1. The average Bonchev–Trinajstić information content (AvgIpc) is 2.47. The minimum atomic E-state index is 0.0636. The molecule has 1 N–H and O–H groups in total. The topological polar surface area (TPSA) is 35.6 Å². The Bertz CT molecular complexity index is 312. The highest BCUT2D eigenvalue weighted by Crippen LogP contribution is 2.13. The molecule has 0 aliphatic carbocycles. The Morgan fingerprint density at radius 2 is 2.00 bits per heavy atom. The van der Waals surface area contributed by atoms with Crippen LogP contribution >= 0.6 is 0 Å². The molecule has 68 valence electrons. The minimum Gasteiger partial charge on any atom is -0.271 e. The van der Waals surface area contributed by atoms with E-state index in [1.54, 1.807) is 10.0 Å². The van der Waals surface area contributed by atoms with Crippen molar-refractivity contribution in [3.8, 4) is 0 Å². The van der Waals surface area contributed by atoms with Gasteiger partial charge in [-0.25, -0.2) is 10.0 Å². The van der Waals surface area contributed by atoms with Crippen molar-refractivity contribution in [1.29, 1.82) is 0 Å². The summed E-state index contributed by atoms with van der Waals surface area (Å²) in [6.07, 6.45) is 0. The fraction of sp³-hybridized carbons (Fsp3) is 0.222. The molecule has 0 atom stereocenters. The Morgan fingerprint density at radius 1 is 1.31 bits per heavy atom. The number of hydrogen-bond donors (Lipinski definition) is 1. The maximum Gasteiger partial charge on any atom is 0.258 e. The third-order valence-corrected chi connectivity index (χ3v) is 1.91. The van der Waals surface area contributed by atoms with Gasteiger partial charge in [0.25, 0.3) is 5.91 Å². The van der Waals surface area contributed by atoms with Crippen molar-refractivity contribution in [3.63, 3.8) is 0 Å². The molecular formula is C9H11N3O. The van der Waals surface area contributed by atoms with E-state index < -0.39 is 0 Å². The zero-order chi connectivity index (χ0) is 9.26. The highest BCUT2D eigenvalue weighted by Gasteiger charge is 2.25. The third kappa shape index (κ3) is 1.54. The first-order valence-corrected chi connectivity index (χ1v) is 4.13. The largest absolute Gasteiger partial charge is 0.271 e. The lowest BCUT2D eigenvalue weighted by Gasteiger charge is -2.16. The van der Waals surface area contributed by atoms with Crippen molar-refractivity contribution in [2.45, 2.75) is 0 Å². The van der Waals surface area contributed by atoms with E-state index in [0.29, 0.717) is 6.54 Å². The molecule has 0 radical (unpaired) electrons. The fourth-order valence-electron chi connectivity index (χ4n) is 1.31. The van der Waals surface area contributed by atoms with Crippen LogP contribution in [0.25, 0.3) is 0 Å². The second-order valence-corrected chi connectivity index (χ2v) is 3.02. The van der Waals surface area contributed by atoms with Crippen LogP contribution in [0.1, 0.15) is 0 Å². The number of carbonyl (C=O) groups excluding carboxylic acids is 1. The molecule has 1 aromatic carbocycles. The number of likely N-dealkylation sites (N-methyl/N-ethyl adjacent to an activating group) is 1. The van der Waals surface area contributed by atoms with Gasteiger partial charge >= 0.3 is 0 Å². The molecule has 0 spiro atoms. The Kier molecular flexibility index (Phi) is 2.00. The molecule has 0 saturated carbocycles. The van der Waals surface area contributed by atoms with E-state index in [4.69, 9.17) is 0 Å². The number of carbonyl (C=O) groups is 1. The predicted molar refractivity (Wildman–Crippen MR) is 49.7 cm³/mol. The smallest absolute Gasteiger partial charge is 0.258 e. The molecule has 0 aromatic heterocycles. The van der Waals surface area contributed by atoms with Crippen LogP contribution in [-0.4, -0.2) is 24.5 Å². The van der Waals surface area contributed by atoms with Crippen molar-refractivity contribution in [2.24, 2.45) is 0 Å². The number of nitrogens with zero attached hydrogens (tertiary/aromatic N) is 2. The first kappa shape index (κ1) is 8.22. The van der Waals surface area contributed by atoms with E-state index >= 15 is 0 Å². The van der Waals surface area contributed by atoms with E-state index in [9.17, 15) is 4.79 Å². The van der Waals surface area contributed by atoms with Gasteiger partial charge in [-0.1, -0.05) is 18.2 Å². The molecule has 1 saturated heterocycles. The number of nitrogens with one attached hydrogen (secondary N) is 1. The van der Waals surface area contributed by atoms with Crippen LogP contribution in [0, 0.1) is 0 Å². The number of hydrazine groups is 2. The van der Waals surface area contributed by atoms with Gasteiger partial charge in [-0.2, -0.15) is 5.53 Å². The van der Waals surface area contributed by atoms with Gasteiger partial charge in [0.15, 0.2) is 0 Å². The summed E-state index contributed by atoms with van der Waals surface area (Å²) in [5, 5.41) is 3.29. The standard InChI is InChI=1S/C9H11N3O/c1-11-7-9(13)12(10-11)8-5-3-2-4-6-8/h2-6,10H,7H2,1H3. The van der Waals surface area contributed by atoms with Crippen molar-refractivity contribution in [1.82, 2.24) is 10.5 Å². The number of para-hydroxylation sites is 1. The lowest BCUT2D eigenvalue weighted by Crippen LogP contribution is -2.38. The summed E-state index contributed by atoms with van der Waals surface area (Å²) in [4.78, 5) is 11.4. The second-order valence-electron chi connectivity index (χ2n) is 3.02. The maximum absolute atomic E-state index is 11.4. The number of hydrogen-bond acceptors (Lipinski definition) is 3. The van der Waals surface area contributed by atoms with Crippen LogP contribution in [0.4, 0.5) is 5.69 Å². The highest BCUT2D eigenvalue weighted by molar-refractivity contribution is 5.95. The van der Waals surface area contributed by atoms with Gasteiger partial charge < -0.3 is 0 Å². The van der Waals surface area contributed by atoms with E-state index in [2.05, 4.69) is 5.53 Å². The quantitative estimate of drug-likeness (QED) is 0.673. The van der Waals surface area contributed by atoms with Crippen LogP contribution < -0.4 is 10.5 Å². The maximum atomic E-state index is 11.4. The van der Waals surface area contributed by atoms with Crippen LogP contribution in [0.3, 0.4) is 0 Å². The molecule has 1 amide bonds. The van der Waals surface area contributed by atoms with Gasteiger partial charge in [0.1, 0.15) is 0 Å². The molecule has 0 unspecified atom stereocenters. The summed E-state index contributed by atoms with van der Waals surface area (Å²) in [6.45, 7) is 0.412. The summed E-state index contributed by atoms with van der Waals surface area (Å²) in [5.41, 5.74) is 3.81. The molecule has 1 aliphatic rings. The molecule has 4 nitrogen and oxygen atoms in total. The lowest BCUT2D eigenvalue weighted by molar-refractivity contribution is -0.116. The van der Waals surface area contributed by atoms with Crippen molar-refractivity contribution in [3.05, 3.63) is 30.3 Å². The Labute approximate surface area is 76.7 Å². The van der Waals surface area contributed by atoms with E-state index in [-0.39, 0.29) is 5.91 Å². The van der Waals surface area contributed by atoms with Crippen LogP contribution in [0.15, 0.2) is 30.3 Å². The number of benzene rings is 1. The zero-order valence-electron chi connectivity index (χ0n) is 7.40. The highest BCUT2D eigenvalue weighted by atomic mass is 16.2. The molecule has 1 heterocycles. The molecule has 2 rings (SSSR count). The lowest BCUT2D eigenvalue weighted by atomic mass is 10.3. The van der Waals surface area contributed by atoms with Crippen molar-refractivity contribution in [2.75, 3.05) is 18.6 Å². The van der Waals surface area contributed by atoms with Crippen LogP contribution in [-0.2, 0) is 4.79 Å². The molecule has 1 aromatic rings. The summed E-state index contributed by atoms with van der Waals surface area (Å²) in [7, 11) is 1.83. The SMILES string of the molecule is CN1CC(=O)N(c2ccccc2)N1. The monoisotopic (exact) mass is 177 g/mol. The summed E-state index contributed by atoms with van der Waals surface area (Å²) in [6, 6.07) is 9.52.